The van der Waals surface area contributed by atoms with Crippen molar-refractivity contribution in [3.05, 3.63) is 52.8 Å². The molecular weight excluding hydrogens is 522 g/mol. The highest BCUT2D eigenvalue weighted by molar-refractivity contribution is 5.96. The number of hydrogen-bond acceptors (Lipinski definition) is 7. The van der Waals surface area contributed by atoms with E-state index >= 15 is 0 Å². The molecule has 10 nitrogen and oxygen atoms in total. The van der Waals surface area contributed by atoms with Crippen molar-refractivity contribution >= 4 is 17.8 Å². The van der Waals surface area contributed by atoms with Crippen LogP contribution >= 0.6 is 0 Å². The standard InChI is InChI=1S/C31H41N5O5/c1-19-27(20(2)33-31(32-19)41-21(3)30(39)40)29(38)36-17-24-15-35(16-25(24)18-36)14-13-26(22-9-5-4-6-10-22)34-28(37)23-11-7-8-12-23/h4-6,9-10,21,23-26H,7-8,11-18H2,1-3H3,(H,34,37)(H,39,40)/t21-,24?,25?,26-/m0/s1. The minimum absolute atomic E-state index is 0.000736. The first-order valence-corrected chi connectivity index (χ1v) is 14.8. The van der Waals surface area contributed by atoms with Gasteiger partial charge in [-0.1, -0.05) is 43.2 Å². The highest BCUT2D eigenvalue weighted by Gasteiger charge is 2.42. The van der Waals surface area contributed by atoms with E-state index in [0.717, 1.165) is 57.3 Å². The molecule has 2 amide bonds. The van der Waals surface area contributed by atoms with Crippen LogP contribution in [0.1, 0.15) is 72.4 Å². The summed E-state index contributed by atoms with van der Waals surface area (Å²) in [4.78, 5) is 50.4. The molecule has 220 valence electrons. The molecule has 4 atom stereocenters. The summed E-state index contributed by atoms with van der Waals surface area (Å²) in [7, 11) is 0. The number of carbonyl (C=O) groups is 3. The van der Waals surface area contributed by atoms with Crippen molar-refractivity contribution in [3.8, 4) is 6.01 Å². The number of benzene rings is 1. The van der Waals surface area contributed by atoms with E-state index in [1.54, 1.807) is 13.8 Å². The molecule has 2 aliphatic heterocycles. The number of likely N-dealkylation sites (tertiary alicyclic amines) is 2. The Kier molecular flexibility index (Phi) is 8.87. The highest BCUT2D eigenvalue weighted by Crippen LogP contribution is 2.33. The van der Waals surface area contributed by atoms with E-state index < -0.39 is 12.1 Å². The molecule has 1 aliphatic carbocycles. The topological polar surface area (TPSA) is 125 Å². The van der Waals surface area contributed by atoms with Crippen LogP contribution in [-0.4, -0.2) is 81.5 Å². The number of rotatable bonds is 10. The van der Waals surface area contributed by atoms with Crippen molar-refractivity contribution in [1.29, 1.82) is 0 Å². The molecule has 3 fully saturated rings. The third-order valence-electron chi connectivity index (χ3n) is 8.92. The number of amides is 2. The van der Waals surface area contributed by atoms with Gasteiger partial charge in [0.05, 0.1) is 23.0 Å². The highest BCUT2D eigenvalue weighted by atomic mass is 16.5. The molecule has 3 heterocycles. The number of nitrogens with one attached hydrogen (secondary N) is 1. The Morgan fingerprint density at radius 3 is 2.20 bits per heavy atom. The Bertz CT molecular complexity index is 1230. The monoisotopic (exact) mass is 563 g/mol. The van der Waals surface area contributed by atoms with Crippen molar-refractivity contribution < 1.29 is 24.2 Å². The summed E-state index contributed by atoms with van der Waals surface area (Å²) < 4.78 is 5.31. The molecule has 2 unspecified atom stereocenters. The number of aryl methyl sites for hydroxylation is 2. The Labute approximate surface area is 241 Å². The van der Waals surface area contributed by atoms with Crippen LogP contribution in [-0.2, 0) is 9.59 Å². The van der Waals surface area contributed by atoms with Gasteiger partial charge < -0.3 is 25.0 Å². The molecule has 1 saturated carbocycles. The van der Waals surface area contributed by atoms with Gasteiger partial charge in [0.2, 0.25) is 5.91 Å². The third-order valence-corrected chi connectivity index (χ3v) is 8.92. The van der Waals surface area contributed by atoms with Gasteiger partial charge in [-0.2, -0.15) is 9.97 Å². The minimum atomic E-state index is -1.11. The lowest BCUT2D eigenvalue weighted by Gasteiger charge is -2.26. The molecule has 0 spiro atoms. The Balaban J connectivity index is 1.16. The fourth-order valence-electron chi connectivity index (χ4n) is 6.65. The van der Waals surface area contributed by atoms with E-state index in [1.165, 1.54) is 6.92 Å². The van der Waals surface area contributed by atoms with Crippen LogP contribution < -0.4 is 10.1 Å². The molecule has 0 radical (unpaired) electrons. The van der Waals surface area contributed by atoms with E-state index in [-0.39, 0.29) is 29.8 Å². The fourth-order valence-corrected chi connectivity index (χ4v) is 6.65. The van der Waals surface area contributed by atoms with E-state index in [4.69, 9.17) is 9.84 Å². The molecule has 0 bridgehead atoms. The van der Waals surface area contributed by atoms with Crippen LogP contribution in [0, 0.1) is 31.6 Å². The molecule has 5 rings (SSSR count). The van der Waals surface area contributed by atoms with Crippen LogP contribution in [0.4, 0.5) is 0 Å². The predicted molar refractivity (Wildman–Crippen MR) is 152 cm³/mol. The normalized spacial score (nSPS) is 22.4. The largest absolute Gasteiger partial charge is 0.479 e. The molecule has 41 heavy (non-hydrogen) atoms. The quantitative estimate of drug-likeness (QED) is 0.451. The van der Waals surface area contributed by atoms with Gasteiger partial charge in [0.15, 0.2) is 6.10 Å². The molecule has 2 aromatic rings. The summed E-state index contributed by atoms with van der Waals surface area (Å²) >= 11 is 0. The van der Waals surface area contributed by atoms with Gasteiger partial charge in [-0.05, 0) is 57.4 Å². The Morgan fingerprint density at radius 1 is 1.00 bits per heavy atom. The smallest absolute Gasteiger partial charge is 0.344 e. The maximum absolute atomic E-state index is 13.5. The van der Waals surface area contributed by atoms with Crippen LogP contribution in [0.15, 0.2) is 30.3 Å². The zero-order chi connectivity index (χ0) is 29.1. The van der Waals surface area contributed by atoms with Gasteiger partial charge in [-0.15, -0.1) is 0 Å². The number of aromatic nitrogens is 2. The van der Waals surface area contributed by atoms with Gasteiger partial charge in [0.25, 0.3) is 5.91 Å². The SMILES string of the molecule is Cc1nc(O[C@@H](C)C(=O)O)nc(C)c1C(=O)N1CC2CN(CC[C@H](NC(=O)C3CCCC3)c3ccccc3)CC2C1. The third kappa shape index (κ3) is 6.69. The summed E-state index contributed by atoms with van der Waals surface area (Å²) in [6.45, 7) is 9.01. The number of ether oxygens (including phenoxy) is 1. The second-order valence-electron chi connectivity index (χ2n) is 11.9. The summed E-state index contributed by atoms with van der Waals surface area (Å²) in [5.74, 6) is -0.0471. The summed E-state index contributed by atoms with van der Waals surface area (Å²) in [5, 5.41) is 12.4. The van der Waals surface area contributed by atoms with Crippen LogP contribution in [0.25, 0.3) is 0 Å². The first kappa shape index (κ1) is 29.0. The number of carboxylic acid groups (broad SMARTS) is 1. The lowest BCUT2D eigenvalue weighted by molar-refractivity contribution is -0.144. The number of aliphatic carboxylic acids is 1. The molecular formula is C31H41N5O5. The maximum atomic E-state index is 13.5. The van der Waals surface area contributed by atoms with E-state index in [0.29, 0.717) is 41.9 Å². The first-order chi connectivity index (χ1) is 19.7. The van der Waals surface area contributed by atoms with Crippen LogP contribution in [0.2, 0.25) is 0 Å². The van der Waals surface area contributed by atoms with Crippen LogP contribution in [0.3, 0.4) is 0 Å². The average Bonchev–Trinajstić information content (AvgIpc) is 3.68. The minimum Gasteiger partial charge on any atom is -0.479 e. The van der Waals surface area contributed by atoms with Crippen molar-refractivity contribution in [2.24, 2.45) is 17.8 Å². The zero-order valence-corrected chi connectivity index (χ0v) is 24.2. The number of fused-ring (bicyclic) bond motifs is 1. The van der Waals surface area contributed by atoms with E-state index in [1.807, 2.05) is 23.1 Å². The maximum Gasteiger partial charge on any atom is 0.344 e. The number of carboxylic acids is 1. The molecule has 1 aromatic carbocycles. The van der Waals surface area contributed by atoms with Gasteiger partial charge in [0, 0.05) is 38.6 Å². The summed E-state index contributed by atoms with van der Waals surface area (Å²) in [6, 6.07) is 10.2. The van der Waals surface area contributed by atoms with Crippen molar-refractivity contribution in [3.63, 3.8) is 0 Å². The number of nitrogens with zero attached hydrogens (tertiary/aromatic N) is 4. The zero-order valence-electron chi connectivity index (χ0n) is 24.2. The van der Waals surface area contributed by atoms with Gasteiger partial charge in [-0.3, -0.25) is 9.59 Å². The molecule has 3 aliphatic rings. The van der Waals surface area contributed by atoms with Gasteiger partial charge in [-0.25, -0.2) is 4.79 Å². The second kappa shape index (κ2) is 12.5. The van der Waals surface area contributed by atoms with E-state index in [9.17, 15) is 14.4 Å². The van der Waals surface area contributed by atoms with E-state index in [2.05, 4.69) is 32.3 Å². The van der Waals surface area contributed by atoms with Gasteiger partial charge >= 0.3 is 12.0 Å². The number of carbonyl (C=O) groups excluding carboxylic acids is 2. The van der Waals surface area contributed by atoms with Crippen molar-refractivity contribution in [2.75, 3.05) is 32.7 Å². The Morgan fingerprint density at radius 2 is 1.61 bits per heavy atom. The summed E-state index contributed by atoms with van der Waals surface area (Å²) in [5.41, 5.74) is 2.58. The Hall–Kier alpha value is -3.53. The average molecular weight is 564 g/mol. The molecule has 2 saturated heterocycles. The first-order valence-electron chi connectivity index (χ1n) is 14.8. The fraction of sp³-hybridized carbons (Fsp3) is 0.581. The lowest BCUT2D eigenvalue weighted by atomic mass is 10.0. The molecule has 1 aromatic heterocycles. The molecule has 10 heteroatoms. The summed E-state index contributed by atoms with van der Waals surface area (Å²) in [6.07, 6.45) is 4.04. The predicted octanol–water partition coefficient (Wildman–Crippen LogP) is 3.39. The van der Waals surface area contributed by atoms with Crippen molar-refractivity contribution in [1.82, 2.24) is 25.1 Å². The lowest BCUT2D eigenvalue weighted by Crippen LogP contribution is -2.37. The van der Waals surface area contributed by atoms with Crippen LogP contribution in [0.5, 0.6) is 6.01 Å². The molecule has 2 N–H and O–H groups in total. The van der Waals surface area contributed by atoms with Crippen molar-refractivity contribution in [2.45, 2.75) is 65.0 Å². The van der Waals surface area contributed by atoms with Gasteiger partial charge in [0.1, 0.15) is 0 Å². The second-order valence-corrected chi connectivity index (χ2v) is 11.9. The number of hydrogen-bond donors (Lipinski definition) is 2.